The standard InChI is InChI=1S/C14H20BrNO2S/c1-10-6-7-13(15)14(8-10)16-11-4-3-5-12(9-11)19(2,17)18/h6-8,11-12,16H,3-5,9H2,1-2H3. The van der Waals surface area contributed by atoms with Crippen LogP contribution in [0.15, 0.2) is 22.7 Å². The number of hydrogen-bond donors (Lipinski definition) is 1. The van der Waals surface area contributed by atoms with Crippen molar-refractivity contribution in [2.24, 2.45) is 0 Å². The summed E-state index contributed by atoms with van der Waals surface area (Å²) < 4.78 is 24.4. The highest BCUT2D eigenvalue weighted by Crippen LogP contribution is 2.29. The Morgan fingerprint density at radius 3 is 2.74 bits per heavy atom. The molecule has 0 aromatic heterocycles. The fourth-order valence-corrected chi connectivity index (χ4v) is 4.17. The molecule has 2 unspecified atom stereocenters. The van der Waals surface area contributed by atoms with Crippen LogP contribution in [-0.4, -0.2) is 26.0 Å². The third kappa shape index (κ3) is 3.96. The molecule has 5 heteroatoms. The first-order chi connectivity index (χ1) is 8.86. The van der Waals surface area contributed by atoms with Crippen LogP contribution in [-0.2, 0) is 9.84 Å². The molecule has 1 N–H and O–H groups in total. The highest BCUT2D eigenvalue weighted by atomic mass is 79.9. The van der Waals surface area contributed by atoms with Gasteiger partial charge in [-0.05, 0) is 59.8 Å². The molecule has 1 fully saturated rings. The van der Waals surface area contributed by atoms with Crippen LogP contribution in [0, 0.1) is 6.92 Å². The first-order valence-corrected chi connectivity index (χ1v) is 9.32. The van der Waals surface area contributed by atoms with E-state index in [2.05, 4.69) is 40.3 Å². The van der Waals surface area contributed by atoms with Crippen LogP contribution < -0.4 is 5.32 Å². The van der Waals surface area contributed by atoms with Crippen molar-refractivity contribution in [2.45, 2.75) is 43.9 Å². The van der Waals surface area contributed by atoms with E-state index in [-0.39, 0.29) is 11.3 Å². The third-order valence-corrected chi connectivity index (χ3v) is 6.04. The van der Waals surface area contributed by atoms with Crippen LogP contribution in [0.4, 0.5) is 5.69 Å². The van der Waals surface area contributed by atoms with Gasteiger partial charge in [0.2, 0.25) is 0 Å². The maximum atomic E-state index is 11.7. The zero-order chi connectivity index (χ0) is 14.0. The summed E-state index contributed by atoms with van der Waals surface area (Å²) in [6.45, 7) is 2.05. The maximum Gasteiger partial charge on any atom is 0.150 e. The molecular weight excluding hydrogens is 326 g/mol. The lowest BCUT2D eigenvalue weighted by molar-refractivity contribution is 0.453. The molecule has 2 atom stereocenters. The van der Waals surface area contributed by atoms with E-state index >= 15 is 0 Å². The second kappa shape index (κ2) is 5.83. The van der Waals surface area contributed by atoms with Crippen molar-refractivity contribution >= 4 is 31.5 Å². The van der Waals surface area contributed by atoms with Gasteiger partial charge in [0.25, 0.3) is 0 Å². The van der Waals surface area contributed by atoms with Gasteiger partial charge in [0, 0.05) is 22.5 Å². The average molecular weight is 346 g/mol. The van der Waals surface area contributed by atoms with Gasteiger partial charge in [-0.1, -0.05) is 12.5 Å². The minimum Gasteiger partial charge on any atom is -0.381 e. The molecule has 0 radical (unpaired) electrons. The fraction of sp³-hybridized carbons (Fsp3) is 0.571. The maximum absolute atomic E-state index is 11.7. The first-order valence-electron chi connectivity index (χ1n) is 6.58. The Kier molecular flexibility index (Phi) is 4.56. The summed E-state index contributed by atoms with van der Waals surface area (Å²) in [5.74, 6) is 0. The molecule has 0 saturated heterocycles. The van der Waals surface area contributed by atoms with Gasteiger partial charge in [0.15, 0.2) is 0 Å². The van der Waals surface area contributed by atoms with Gasteiger partial charge in [0.05, 0.1) is 5.25 Å². The minimum absolute atomic E-state index is 0.192. The number of nitrogens with one attached hydrogen (secondary N) is 1. The van der Waals surface area contributed by atoms with Crippen molar-refractivity contribution in [1.29, 1.82) is 0 Å². The van der Waals surface area contributed by atoms with Crippen molar-refractivity contribution in [3.8, 4) is 0 Å². The van der Waals surface area contributed by atoms with E-state index in [9.17, 15) is 8.42 Å². The molecular formula is C14H20BrNO2S. The molecule has 19 heavy (non-hydrogen) atoms. The second-order valence-electron chi connectivity index (χ2n) is 5.44. The summed E-state index contributed by atoms with van der Waals surface area (Å²) in [4.78, 5) is 0. The quantitative estimate of drug-likeness (QED) is 0.911. The Bertz CT molecular complexity index is 557. The Hall–Kier alpha value is -0.550. The number of benzene rings is 1. The summed E-state index contributed by atoms with van der Waals surface area (Å²) >= 11 is 3.53. The van der Waals surface area contributed by atoms with Crippen LogP contribution in [0.5, 0.6) is 0 Å². The van der Waals surface area contributed by atoms with Crippen LogP contribution in [0.2, 0.25) is 0 Å². The van der Waals surface area contributed by atoms with Gasteiger partial charge in [-0.15, -0.1) is 0 Å². The predicted molar refractivity (Wildman–Crippen MR) is 83.4 cm³/mol. The lowest BCUT2D eigenvalue weighted by Gasteiger charge is -2.29. The zero-order valence-electron chi connectivity index (χ0n) is 11.3. The molecule has 0 amide bonds. The summed E-state index contributed by atoms with van der Waals surface area (Å²) in [6.07, 6.45) is 4.86. The molecule has 3 nitrogen and oxygen atoms in total. The Balaban J connectivity index is 2.09. The fourth-order valence-electron chi connectivity index (χ4n) is 2.63. The van der Waals surface area contributed by atoms with E-state index in [4.69, 9.17) is 0 Å². The largest absolute Gasteiger partial charge is 0.381 e. The van der Waals surface area contributed by atoms with Crippen molar-refractivity contribution in [2.75, 3.05) is 11.6 Å². The summed E-state index contributed by atoms with van der Waals surface area (Å²) in [7, 11) is -2.92. The molecule has 106 valence electrons. The molecule has 1 aliphatic carbocycles. The van der Waals surface area contributed by atoms with E-state index < -0.39 is 9.84 Å². The molecule has 0 bridgehead atoms. The molecule has 1 saturated carbocycles. The van der Waals surface area contributed by atoms with Crippen LogP contribution >= 0.6 is 15.9 Å². The normalized spacial score (nSPS) is 24.2. The minimum atomic E-state index is -2.92. The Morgan fingerprint density at radius 1 is 1.32 bits per heavy atom. The average Bonchev–Trinajstić information content (AvgIpc) is 2.33. The number of halogens is 1. The number of sulfone groups is 1. The van der Waals surface area contributed by atoms with Gasteiger partial charge in [0.1, 0.15) is 9.84 Å². The molecule has 0 heterocycles. The molecule has 0 spiro atoms. The highest BCUT2D eigenvalue weighted by Gasteiger charge is 2.28. The number of aryl methyl sites for hydroxylation is 1. The summed E-state index contributed by atoms with van der Waals surface area (Å²) in [5.41, 5.74) is 2.25. The third-order valence-electron chi connectivity index (χ3n) is 3.71. The van der Waals surface area contributed by atoms with Gasteiger partial charge < -0.3 is 5.32 Å². The smallest absolute Gasteiger partial charge is 0.150 e. The monoisotopic (exact) mass is 345 g/mol. The van der Waals surface area contributed by atoms with Crippen LogP contribution in [0.3, 0.4) is 0 Å². The SMILES string of the molecule is Cc1ccc(Br)c(NC2CCCC(S(C)(=O)=O)C2)c1. The Morgan fingerprint density at radius 2 is 2.05 bits per heavy atom. The highest BCUT2D eigenvalue weighted by molar-refractivity contribution is 9.10. The second-order valence-corrected chi connectivity index (χ2v) is 8.62. The Labute approximate surface area is 123 Å². The van der Waals surface area contributed by atoms with Crippen LogP contribution in [0.25, 0.3) is 0 Å². The number of rotatable bonds is 3. The van der Waals surface area contributed by atoms with E-state index in [0.29, 0.717) is 6.42 Å². The van der Waals surface area contributed by atoms with E-state index in [0.717, 1.165) is 29.4 Å². The van der Waals surface area contributed by atoms with E-state index in [1.165, 1.54) is 11.8 Å². The van der Waals surface area contributed by atoms with Crippen molar-refractivity contribution < 1.29 is 8.42 Å². The van der Waals surface area contributed by atoms with Crippen molar-refractivity contribution in [3.63, 3.8) is 0 Å². The molecule has 1 aromatic rings. The van der Waals surface area contributed by atoms with Gasteiger partial charge >= 0.3 is 0 Å². The molecule has 1 aromatic carbocycles. The topological polar surface area (TPSA) is 46.2 Å². The lowest BCUT2D eigenvalue weighted by atomic mass is 9.94. The van der Waals surface area contributed by atoms with Crippen molar-refractivity contribution in [3.05, 3.63) is 28.2 Å². The lowest BCUT2D eigenvalue weighted by Crippen LogP contribution is -2.34. The van der Waals surface area contributed by atoms with Crippen LogP contribution in [0.1, 0.15) is 31.2 Å². The molecule has 1 aliphatic rings. The number of anilines is 1. The molecule has 0 aliphatic heterocycles. The number of hydrogen-bond acceptors (Lipinski definition) is 3. The zero-order valence-corrected chi connectivity index (χ0v) is 13.7. The van der Waals surface area contributed by atoms with E-state index in [1.807, 2.05) is 6.07 Å². The summed E-state index contributed by atoms with van der Waals surface area (Å²) in [6, 6.07) is 6.41. The van der Waals surface area contributed by atoms with Crippen molar-refractivity contribution in [1.82, 2.24) is 0 Å². The first kappa shape index (κ1) is 14.9. The molecule has 2 rings (SSSR count). The van der Waals surface area contributed by atoms with Gasteiger partial charge in [-0.3, -0.25) is 0 Å². The van der Waals surface area contributed by atoms with Gasteiger partial charge in [-0.25, -0.2) is 8.42 Å². The van der Waals surface area contributed by atoms with E-state index in [1.54, 1.807) is 0 Å². The van der Waals surface area contributed by atoms with Gasteiger partial charge in [-0.2, -0.15) is 0 Å². The predicted octanol–water partition coefficient (Wildman–Crippen LogP) is 3.53. The summed E-state index contributed by atoms with van der Waals surface area (Å²) in [5, 5.41) is 3.29.